The normalized spacial score (nSPS) is 55.9. The van der Waals surface area contributed by atoms with Crippen molar-refractivity contribution in [3.8, 4) is 0 Å². The molecule has 0 spiro atoms. The Balaban J connectivity index is 1.62. The third kappa shape index (κ3) is 2.00. The summed E-state index contributed by atoms with van der Waals surface area (Å²) in [6.07, 6.45) is 14.4. The Bertz CT molecular complexity index is 430. The van der Waals surface area contributed by atoms with Crippen LogP contribution in [0.1, 0.15) is 85.0 Å². The van der Waals surface area contributed by atoms with E-state index in [1.165, 1.54) is 64.2 Å². The van der Waals surface area contributed by atoms with Crippen LogP contribution < -0.4 is 0 Å². The Morgan fingerprint density at radius 2 is 1.59 bits per heavy atom. The Labute approximate surface area is 137 Å². The smallest absolute Gasteiger partial charge is 0.0545 e. The molecule has 0 bridgehead atoms. The summed E-state index contributed by atoms with van der Waals surface area (Å²) < 4.78 is 0. The van der Waals surface area contributed by atoms with E-state index in [1.807, 2.05) is 6.92 Å². The van der Waals surface area contributed by atoms with Crippen LogP contribution in [-0.4, -0.2) is 11.2 Å². The van der Waals surface area contributed by atoms with Crippen molar-refractivity contribution in [2.75, 3.05) is 0 Å². The van der Waals surface area contributed by atoms with Gasteiger partial charge in [-0.15, -0.1) is 0 Å². The van der Waals surface area contributed by atoms with Gasteiger partial charge in [-0.25, -0.2) is 0 Å². The summed E-state index contributed by atoms with van der Waals surface area (Å²) in [5.74, 6) is 4.47. The first-order valence-corrected chi connectivity index (χ1v) is 10.1. The first-order valence-electron chi connectivity index (χ1n) is 10.1. The van der Waals surface area contributed by atoms with Crippen molar-refractivity contribution >= 4 is 0 Å². The lowest BCUT2D eigenvalue weighted by Gasteiger charge is -2.60. The molecule has 4 saturated carbocycles. The van der Waals surface area contributed by atoms with Crippen molar-refractivity contribution in [3.63, 3.8) is 0 Å². The molecule has 8 atom stereocenters. The van der Waals surface area contributed by atoms with Gasteiger partial charge in [0.15, 0.2) is 0 Å². The molecule has 1 N–H and O–H groups in total. The fraction of sp³-hybridized carbons (Fsp3) is 1.00. The topological polar surface area (TPSA) is 20.2 Å². The summed E-state index contributed by atoms with van der Waals surface area (Å²) in [7, 11) is 0. The average molecular weight is 305 g/mol. The monoisotopic (exact) mass is 304 g/mol. The Kier molecular flexibility index (Phi) is 3.68. The van der Waals surface area contributed by atoms with E-state index in [9.17, 15) is 5.11 Å². The summed E-state index contributed by atoms with van der Waals surface area (Å²) in [5.41, 5.74) is 1.10. The Morgan fingerprint density at radius 3 is 2.36 bits per heavy atom. The standard InChI is InChI=1S/C21H36O/c1-14(22)17-9-10-18-16-8-7-15-6-4-5-12-20(15,2)19(16)11-13-21(17,18)3/h14-19,22H,4-13H2,1-3H3/t14?,15-,16?,17?,18?,19?,20?,21?/m0/s1. The number of hydrogen-bond acceptors (Lipinski definition) is 1. The molecule has 4 aliphatic carbocycles. The van der Waals surface area contributed by atoms with Crippen LogP contribution in [-0.2, 0) is 0 Å². The third-order valence-electron chi connectivity index (χ3n) is 9.24. The van der Waals surface area contributed by atoms with Crippen LogP contribution in [0, 0.1) is 40.4 Å². The lowest BCUT2D eigenvalue weighted by Crippen LogP contribution is -2.53. The molecule has 1 nitrogen and oxygen atoms in total. The van der Waals surface area contributed by atoms with Crippen molar-refractivity contribution in [1.82, 2.24) is 0 Å². The van der Waals surface area contributed by atoms with Gasteiger partial charge in [-0.05, 0) is 98.7 Å². The molecule has 7 unspecified atom stereocenters. The van der Waals surface area contributed by atoms with Crippen LogP contribution in [0.2, 0.25) is 0 Å². The molecular weight excluding hydrogens is 268 g/mol. The van der Waals surface area contributed by atoms with Gasteiger partial charge in [0.25, 0.3) is 0 Å². The molecule has 22 heavy (non-hydrogen) atoms. The number of fused-ring (bicyclic) bond motifs is 5. The van der Waals surface area contributed by atoms with Crippen molar-refractivity contribution < 1.29 is 5.11 Å². The molecule has 0 radical (unpaired) electrons. The second-order valence-corrected chi connectivity index (χ2v) is 9.87. The minimum absolute atomic E-state index is 0.104. The molecule has 0 aromatic rings. The van der Waals surface area contributed by atoms with Crippen molar-refractivity contribution in [3.05, 3.63) is 0 Å². The average Bonchev–Trinajstić information content (AvgIpc) is 2.84. The highest BCUT2D eigenvalue weighted by Gasteiger charge is 2.60. The van der Waals surface area contributed by atoms with E-state index in [-0.39, 0.29) is 6.10 Å². The second-order valence-electron chi connectivity index (χ2n) is 9.87. The molecule has 4 rings (SSSR count). The van der Waals surface area contributed by atoms with Gasteiger partial charge < -0.3 is 5.11 Å². The number of aliphatic hydroxyl groups excluding tert-OH is 1. The second kappa shape index (κ2) is 5.23. The maximum Gasteiger partial charge on any atom is 0.0545 e. The SMILES string of the molecule is CC(O)C1CCC2C3CC[C@@H]4CCCCC4(C)C3CCC12C. The minimum atomic E-state index is -0.104. The van der Waals surface area contributed by atoms with E-state index >= 15 is 0 Å². The zero-order chi connectivity index (χ0) is 15.5. The molecule has 0 amide bonds. The zero-order valence-electron chi connectivity index (χ0n) is 15.0. The van der Waals surface area contributed by atoms with Crippen molar-refractivity contribution in [2.45, 2.75) is 91.1 Å². The summed E-state index contributed by atoms with van der Waals surface area (Å²) in [5, 5.41) is 10.3. The van der Waals surface area contributed by atoms with Crippen LogP contribution in [0.4, 0.5) is 0 Å². The van der Waals surface area contributed by atoms with E-state index in [0.29, 0.717) is 16.7 Å². The van der Waals surface area contributed by atoms with Gasteiger partial charge >= 0.3 is 0 Å². The van der Waals surface area contributed by atoms with Crippen LogP contribution in [0.25, 0.3) is 0 Å². The molecule has 0 aromatic carbocycles. The summed E-state index contributed by atoms with van der Waals surface area (Å²) in [6.45, 7) is 7.24. The highest BCUT2D eigenvalue weighted by molar-refractivity contribution is 5.09. The maximum absolute atomic E-state index is 10.3. The zero-order valence-corrected chi connectivity index (χ0v) is 15.0. The van der Waals surface area contributed by atoms with Gasteiger partial charge in [-0.2, -0.15) is 0 Å². The largest absolute Gasteiger partial charge is 0.393 e. The molecule has 4 fully saturated rings. The molecule has 0 aliphatic heterocycles. The van der Waals surface area contributed by atoms with Gasteiger partial charge in [0, 0.05) is 0 Å². The fourth-order valence-corrected chi connectivity index (χ4v) is 8.13. The summed E-state index contributed by atoms with van der Waals surface area (Å²) >= 11 is 0. The van der Waals surface area contributed by atoms with Crippen molar-refractivity contribution in [2.24, 2.45) is 40.4 Å². The molecular formula is C21H36O. The van der Waals surface area contributed by atoms with Gasteiger partial charge in [-0.1, -0.05) is 26.7 Å². The molecule has 0 saturated heterocycles. The van der Waals surface area contributed by atoms with Gasteiger partial charge in [0.2, 0.25) is 0 Å². The lowest BCUT2D eigenvalue weighted by atomic mass is 9.45. The van der Waals surface area contributed by atoms with Gasteiger partial charge in [-0.3, -0.25) is 0 Å². The number of rotatable bonds is 1. The van der Waals surface area contributed by atoms with E-state index in [0.717, 1.165) is 23.7 Å². The quantitative estimate of drug-likeness (QED) is 0.686. The first kappa shape index (κ1) is 15.5. The highest BCUT2D eigenvalue weighted by Crippen LogP contribution is 2.67. The maximum atomic E-state index is 10.3. The Hall–Kier alpha value is -0.0400. The highest BCUT2D eigenvalue weighted by atomic mass is 16.3. The molecule has 126 valence electrons. The van der Waals surface area contributed by atoms with E-state index in [1.54, 1.807) is 0 Å². The lowest BCUT2D eigenvalue weighted by molar-refractivity contribution is -0.118. The van der Waals surface area contributed by atoms with Crippen LogP contribution in [0.5, 0.6) is 0 Å². The third-order valence-corrected chi connectivity index (χ3v) is 9.24. The van der Waals surface area contributed by atoms with Crippen molar-refractivity contribution in [1.29, 1.82) is 0 Å². The Morgan fingerprint density at radius 1 is 0.818 bits per heavy atom. The number of aliphatic hydroxyl groups is 1. The summed E-state index contributed by atoms with van der Waals surface area (Å²) in [6, 6.07) is 0. The van der Waals surface area contributed by atoms with Crippen LogP contribution in [0.3, 0.4) is 0 Å². The van der Waals surface area contributed by atoms with Crippen LogP contribution >= 0.6 is 0 Å². The molecule has 1 heteroatoms. The minimum Gasteiger partial charge on any atom is -0.393 e. The predicted octanol–water partition coefficient (Wildman–Crippen LogP) is 5.42. The first-order chi connectivity index (χ1) is 10.5. The number of hydrogen-bond donors (Lipinski definition) is 1. The van der Waals surface area contributed by atoms with Gasteiger partial charge in [0.1, 0.15) is 0 Å². The molecule has 0 heterocycles. The fourth-order valence-electron chi connectivity index (χ4n) is 8.13. The van der Waals surface area contributed by atoms with E-state index < -0.39 is 0 Å². The predicted molar refractivity (Wildman–Crippen MR) is 91.5 cm³/mol. The van der Waals surface area contributed by atoms with E-state index in [4.69, 9.17) is 0 Å². The van der Waals surface area contributed by atoms with Gasteiger partial charge in [0.05, 0.1) is 6.10 Å². The summed E-state index contributed by atoms with van der Waals surface area (Å²) in [4.78, 5) is 0. The molecule has 0 aromatic heterocycles. The molecule has 4 aliphatic rings. The van der Waals surface area contributed by atoms with E-state index in [2.05, 4.69) is 13.8 Å². The van der Waals surface area contributed by atoms with Crippen LogP contribution in [0.15, 0.2) is 0 Å².